The minimum atomic E-state index is -0.833. The number of aromatic nitrogens is 1. The van der Waals surface area contributed by atoms with E-state index in [1.165, 1.54) is 18.3 Å². The molecule has 0 aliphatic carbocycles. The molecule has 0 aliphatic rings. The maximum atomic E-state index is 13.5. The molecule has 5 nitrogen and oxygen atoms in total. The monoisotopic (exact) mass is 320 g/mol. The summed E-state index contributed by atoms with van der Waals surface area (Å²) in [6, 6.07) is 6.21. The van der Waals surface area contributed by atoms with E-state index in [1.807, 2.05) is 19.0 Å². The lowest BCUT2D eigenvalue weighted by Gasteiger charge is -2.11. The highest BCUT2D eigenvalue weighted by atomic mass is 19.1. The maximum absolute atomic E-state index is 13.5. The van der Waals surface area contributed by atoms with Crippen LogP contribution in [0.15, 0.2) is 36.5 Å². The molecule has 122 valence electrons. The summed E-state index contributed by atoms with van der Waals surface area (Å²) in [5, 5.41) is 5.53. The third kappa shape index (κ3) is 5.00. The number of amides is 1. The van der Waals surface area contributed by atoms with E-state index in [9.17, 15) is 13.6 Å². The van der Waals surface area contributed by atoms with Gasteiger partial charge in [-0.3, -0.25) is 4.79 Å². The van der Waals surface area contributed by atoms with Crippen LogP contribution in [-0.4, -0.2) is 43.0 Å². The zero-order valence-electron chi connectivity index (χ0n) is 12.9. The average Bonchev–Trinajstić information content (AvgIpc) is 2.50. The number of likely N-dealkylation sites (N-methyl/N-ethyl adjacent to an activating group) is 1. The summed E-state index contributed by atoms with van der Waals surface area (Å²) in [5.74, 6) is -2.09. The van der Waals surface area contributed by atoms with Crippen molar-refractivity contribution >= 4 is 17.3 Å². The van der Waals surface area contributed by atoms with Crippen LogP contribution in [-0.2, 0) is 0 Å². The number of nitrogens with one attached hydrogen (secondary N) is 2. The Bertz CT molecular complexity index is 674. The predicted octanol–water partition coefficient (Wildman–Crippen LogP) is 2.59. The normalized spacial score (nSPS) is 10.7. The summed E-state index contributed by atoms with van der Waals surface area (Å²) in [4.78, 5) is 18.1. The van der Waals surface area contributed by atoms with Crippen molar-refractivity contribution in [2.24, 2.45) is 0 Å². The first-order valence-corrected chi connectivity index (χ1v) is 7.07. The number of rotatable bonds is 6. The third-order valence-electron chi connectivity index (χ3n) is 3.06. The zero-order chi connectivity index (χ0) is 16.8. The van der Waals surface area contributed by atoms with Crippen molar-refractivity contribution in [3.63, 3.8) is 0 Å². The number of carbonyl (C=O) groups excluding carboxylic acids is 1. The molecule has 23 heavy (non-hydrogen) atoms. The molecule has 0 radical (unpaired) electrons. The van der Waals surface area contributed by atoms with Gasteiger partial charge in [-0.15, -0.1) is 0 Å². The fraction of sp³-hybridized carbons (Fsp3) is 0.250. The van der Waals surface area contributed by atoms with Crippen LogP contribution in [0, 0.1) is 11.6 Å². The molecule has 0 bridgehead atoms. The van der Waals surface area contributed by atoms with E-state index >= 15 is 0 Å². The highest BCUT2D eigenvalue weighted by Gasteiger charge is 2.11. The molecule has 0 spiro atoms. The standard InChI is InChI=1S/C16H18F2N4O/c1-22(2)8-7-19-12-4-6-15(20-10-12)16(23)21-14-5-3-11(17)9-13(14)18/h3-6,9-10,19H,7-8H2,1-2H3,(H,21,23). The van der Waals surface area contributed by atoms with Gasteiger partial charge < -0.3 is 15.5 Å². The number of carbonyl (C=O) groups is 1. The van der Waals surface area contributed by atoms with Crippen LogP contribution < -0.4 is 10.6 Å². The molecule has 1 aromatic heterocycles. The van der Waals surface area contributed by atoms with Crippen LogP contribution in [0.2, 0.25) is 0 Å². The number of hydrogen-bond donors (Lipinski definition) is 2. The van der Waals surface area contributed by atoms with Crippen LogP contribution >= 0.6 is 0 Å². The number of nitrogens with zero attached hydrogens (tertiary/aromatic N) is 2. The lowest BCUT2D eigenvalue weighted by atomic mass is 10.2. The fourth-order valence-corrected chi connectivity index (χ4v) is 1.83. The SMILES string of the molecule is CN(C)CCNc1ccc(C(=O)Nc2ccc(F)cc2F)nc1. The first kappa shape index (κ1) is 16.8. The Hall–Kier alpha value is -2.54. The van der Waals surface area contributed by atoms with Gasteiger partial charge in [0.25, 0.3) is 5.91 Å². The van der Waals surface area contributed by atoms with Gasteiger partial charge in [-0.2, -0.15) is 0 Å². The Morgan fingerprint density at radius 1 is 1.22 bits per heavy atom. The Morgan fingerprint density at radius 3 is 2.61 bits per heavy atom. The van der Waals surface area contributed by atoms with Gasteiger partial charge in [0.15, 0.2) is 0 Å². The van der Waals surface area contributed by atoms with Gasteiger partial charge in [0, 0.05) is 19.2 Å². The highest BCUT2D eigenvalue weighted by Crippen LogP contribution is 2.16. The van der Waals surface area contributed by atoms with Crippen molar-refractivity contribution in [3.8, 4) is 0 Å². The van der Waals surface area contributed by atoms with Gasteiger partial charge in [-0.05, 0) is 38.4 Å². The minimum absolute atomic E-state index is 0.0913. The molecule has 2 rings (SSSR count). The molecule has 1 amide bonds. The van der Waals surface area contributed by atoms with Crippen LogP contribution in [0.3, 0.4) is 0 Å². The largest absolute Gasteiger partial charge is 0.383 e. The maximum Gasteiger partial charge on any atom is 0.274 e. The van der Waals surface area contributed by atoms with Gasteiger partial charge in [0.05, 0.1) is 17.6 Å². The second-order valence-electron chi connectivity index (χ2n) is 5.24. The Balaban J connectivity index is 1.97. The lowest BCUT2D eigenvalue weighted by molar-refractivity contribution is 0.102. The molecule has 0 atom stereocenters. The summed E-state index contributed by atoms with van der Waals surface area (Å²) in [5.41, 5.74) is 0.842. The second-order valence-corrected chi connectivity index (χ2v) is 5.24. The van der Waals surface area contributed by atoms with E-state index < -0.39 is 17.5 Å². The van der Waals surface area contributed by atoms with Gasteiger partial charge in [0.1, 0.15) is 17.3 Å². The molecule has 2 N–H and O–H groups in total. The van der Waals surface area contributed by atoms with Crippen molar-refractivity contribution < 1.29 is 13.6 Å². The zero-order valence-corrected chi connectivity index (χ0v) is 12.9. The quantitative estimate of drug-likeness (QED) is 0.859. The smallest absolute Gasteiger partial charge is 0.274 e. The van der Waals surface area contributed by atoms with Gasteiger partial charge in [0.2, 0.25) is 0 Å². The van der Waals surface area contributed by atoms with E-state index in [4.69, 9.17) is 0 Å². The molecule has 0 fully saturated rings. The Morgan fingerprint density at radius 2 is 2.00 bits per heavy atom. The molecule has 0 saturated carbocycles. The first-order chi connectivity index (χ1) is 11.0. The van der Waals surface area contributed by atoms with E-state index in [1.54, 1.807) is 6.07 Å². The molecule has 7 heteroatoms. The topological polar surface area (TPSA) is 57.3 Å². The van der Waals surface area contributed by atoms with E-state index in [2.05, 4.69) is 15.6 Å². The van der Waals surface area contributed by atoms with Gasteiger partial charge in [-0.25, -0.2) is 13.8 Å². The predicted molar refractivity (Wildman–Crippen MR) is 85.6 cm³/mol. The molecular weight excluding hydrogens is 302 g/mol. The van der Waals surface area contributed by atoms with Gasteiger partial charge >= 0.3 is 0 Å². The summed E-state index contributed by atoms with van der Waals surface area (Å²) in [6.07, 6.45) is 1.53. The van der Waals surface area contributed by atoms with Crippen molar-refractivity contribution in [1.29, 1.82) is 0 Å². The van der Waals surface area contributed by atoms with Crippen LogP contribution in [0.25, 0.3) is 0 Å². The molecule has 0 saturated heterocycles. The molecule has 2 aromatic rings. The second kappa shape index (κ2) is 7.64. The number of hydrogen-bond acceptors (Lipinski definition) is 4. The molecular formula is C16H18F2N4O. The van der Waals surface area contributed by atoms with Crippen molar-refractivity contribution in [2.45, 2.75) is 0 Å². The highest BCUT2D eigenvalue weighted by molar-refractivity contribution is 6.03. The van der Waals surface area contributed by atoms with Crippen molar-refractivity contribution in [2.75, 3.05) is 37.8 Å². The fourth-order valence-electron chi connectivity index (χ4n) is 1.83. The van der Waals surface area contributed by atoms with E-state index in [-0.39, 0.29) is 11.4 Å². The van der Waals surface area contributed by atoms with E-state index in [0.717, 1.165) is 24.8 Å². The Labute approximate surface area is 133 Å². The average molecular weight is 320 g/mol. The third-order valence-corrected chi connectivity index (χ3v) is 3.06. The molecule has 0 unspecified atom stereocenters. The summed E-state index contributed by atoms with van der Waals surface area (Å²) in [7, 11) is 3.95. The minimum Gasteiger partial charge on any atom is -0.383 e. The summed E-state index contributed by atoms with van der Waals surface area (Å²) < 4.78 is 26.3. The summed E-state index contributed by atoms with van der Waals surface area (Å²) in [6.45, 7) is 1.62. The van der Waals surface area contributed by atoms with E-state index in [0.29, 0.717) is 6.07 Å². The number of halogens is 2. The number of benzene rings is 1. The van der Waals surface area contributed by atoms with Crippen molar-refractivity contribution in [3.05, 3.63) is 53.9 Å². The van der Waals surface area contributed by atoms with Crippen LogP contribution in [0.1, 0.15) is 10.5 Å². The van der Waals surface area contributed by atoms with Crippen molar-refractivity contribution in [1.82, 2.24) is 9.88 Å². The molecule has 0 aliphatic heterocycles. The number of pyridine rings is 1. The van der Waals surface area contributed by atoms with Crippen LogP contribution in [0.4, 0.5) is 20.2 Å². The number of anilines is 2. The van der Waals surface area contributed by atoms with Gasteiger partial charge in [-0.1, -0.05) is 0 Å². The lowest BCUT2D eigenvalue weighted by Crippen LogP contribution is -2.21. The Kier molecular flexibility index (Phi) is 5.59. The first-order valence-electron chi connectivity index (χ1n) is 7.07. The molecule has 1 heterocycles. The van der Waals surface area contributed by atoms with Crippen LogP contribution in [0.5, 0.6) is 0 Å². The summed E-state index contributed by atoms with van der Waals surface area (Å²) >= 11 is 0. The molecule has 1 aromatic carbocycles.